The van der Waals surface area contributed by atoms with E-state index in [-0.39, 0.29) is 25.0 Å². The van der Waals surface area contributed by atoms with Gasteiger partial charge in [0.25, 0.3) is 0 Å². The Hall–Kier alpha value is -1.89. The highest BCUT2D eigenvalue weighted by Gasteiger charge is 2.24. The normalized spacial score (nSPS) is 15.5. The Balaban J connectivity index is 2.08. The van der Waals surface area contributed by atoms with Crippen LogP contribution < -0.4 is 5.32 Å². The highest BCUT2D eigenvalue weighted by molar-refractivity contribution is 7.16. The van der Waals surface area contributed by atoms with E-state index in [1.54, 1.807) is 11.8 Å². The van der Waals surface area contributed by atoms with Gasteiger partial charge in [-0.25, -0.2) is 4.79 Å². The van der Waals surface area contributed by atoms with E-state index >= 15 is 0 Å². The minimum Gasteiger partial charge on any atom is -0.462 e. The fourth-order valence-electron chi connectivity index (χ4n) is 2.89. The van der Waals surface area contributed by atoms with Gasteiger partial charge in [0.1, 0.15) is 5.00 Å². The molecule has 0 aromatic carbocycles. The first-order chi connectivity index (χ1) is 11.9. The summed E-state index contributed by atoms with van der Waals surface area (Å²) in [5.74, 6) is -0.679. The maximum atomic E-state index is 12.4. The molecular weight excluding hydrogens is 340 g/mol. The zero-order chi connectivity index (χ0) is 18.4. The zero-order valence-corrected chi connectivity index (χ0v) is 16.0. The molecule has 138 valence electrons. The van der Waals surface area contributed by atoms with E-state index in [1.807, 2.05) is 13.8 Å². The summed E-state index contributed by atoms with van der Waals surface area (Å²) in [6, 6.07) is 0. The van der Waals surface area contributed by atoms with Crippen LogP contribution in [0.1, 0.15) is 59.8 Å². The summed E-state index contributed by atoms with van der Waals surface area (Å²) >= 11 is 1.36. The second-order valence-electron chi connectivity index (χ2n) is 6.24. The van der Waals surface area contributed by atoms with Gasteiger partial charge in [-0.1, -0.05) is 12.8 Å². The van der Waals surface area contributed by atoms with Gasteiger partial charge in [0.15, 0.2) is 0 Å². The topological polar surface area (TPSA) is 75.7 Å². The minimum absolute atomic E-state index is 0.0249. The largest absolute Gasteiger partial charge is 0.462 e. The van der Waals surface area contributed by atoms with Crippen molar-refractivity contribution < 1.29 is 19.1 Å². The van der Waals surface area contributed by atoms with Crippen LogP contribution in [0.4, 0.5) is 5.00 Å². The summed E-state index contributed by atoms with van der Waals surface area (Å²) in [6.45, 7) is 6.41. The Kier molecular flexibility index (Phi) is 6.99. The highest BCUT2D eigenvalue weighted by Crippen LogP contribution is 2.33. The van der Waals surface area contributed by atoms with E-state index in [4.69, 9.17) is 4.74 Å². The second kappa shape index (κ2) is 8.99. The molecule has 0 unspecified atom stereocenters. The van der Waals surface area contributed by atoms with Gasteiger partial charge in [-0.2, -0.15) is 0 Å². The predicted molar refractivity (Wildman–Crippen MR) is 98.0 cm³/mol. The zero-order valence-electron chi connectivity index (χ0n) is 15.1. The Morgan fingerprint density at radius 2 is 1.92 bits per heavy atom. The number of nitrogens with one attached hydrogen (secondary N) is 1. The smallest absolute Gasteiger partial charge is 0.341 e. The maximum Gasteiger partial charge on any atom is 0.341 e. The Morgan fingerprint density at radius 3 is 2.64 bits per heavy atom. The number of thiophene rings is 1. The molecule has 0 bridgehead atoms. The van der Waals surface area contributed by atoms with Crippen LogP contribution in [0.25, 0.3) is 0 Å². The fourth-order valence-corrected chi connectivity index (χ4v) is 3.95. The Labute approximate surface area is 152 Å². The molecule has 7 heteroatoms. The number of carbonyl (C=O) groups is 3. The molecule has 1 aliphatic rings. The summed E-state index contributed by atoms with van der Waals surface area (Å²) in [4.78, 5) is 39.3. The molecule has 1 N–H and O–H groups in total. The van der Waals surface area contributed by atoms with Crippen molar-refractivity contribution in [2.75, 3.05) is 25.0 Å². The van der Waals surface area contributed by atoms with E-state index in [9.17, 15) is 14.4 Å². The number of aryl methyl sites for hydroxylation is 1. The van der Waals surface area contributed by atoms with E-state index in [0.717, 1.165) is 36.1 Å². The van der Waals surface area contributed by atoms with Gasteiger partial charge >= 0.3 is 5.97 Å². The van der Waals surface area contributed by atoms with Crippen LogP contribution in [0, 0.1) is 13.8 Å². The molecule has 2 heterocycles. The van der Waals surface area contributed by atoms with Crippen LogP contribution in [-0.2, 0) is 14.3 Å². The van der Waals surface area contributed by atoms with E-state index in [2.05, 4.69) is 5.32 Å². The van der Waals surface area contributed by atoms with Crippen LogP contribution in [0.15, 0.2) is 0 Å². The van der Waals surface area contributed by atoms with Gasteiger partial charge in [0.2, 0.25) is 11.8 Å². The van der Waals surface area contributed by atoms with Crippen molar-refractivity contribution in [1.82, 2.24) is 4.90 Å². The number of amides is 2. The number of carbonyl (C=O) groups excluding carboxylic acids is 3. The first-order valence-corrected chi connectivity index (χ1v) is 9.60. The lowest BCUT2D eigenvalue weighted by Crippen LogP contribution is -2.39. The summed E-state index contributed by atoms with van der Waals surface area (Å²) < 4.78 is 5.09. The molecule has 0 spiro atoms. The number of esters is 1. The maximum absolute atomic E-state index is 12.4. The molecule has 1 fully saturated rings. The van der Waals surface area contributed by atoms with Crippen molar-refractivity contribution >= 4 is 34.1 Å². The van der Waals surface area contributed by atoms with E-state index in [1.165, 1.54) is 11.3 Å². The lowest BCUT2D eigenvalue weighted by Gasteiger charge is -2.24. The van der Waals surface area contributed by atoms with E-state index < -0.39 is 5.97 Å². The standard InChI is InChI=1S/C18H26N2O4S/c1-4-24-18(23)16-12(2)13(3)25-17(16)19-14(21)11-20-10-8-6-5-7-9-15(20)22/h4-11H2,1-3H3,(H,19,21). The van der Waals surface area contributed by atoms with Gasteiger partial charge in [0.05, 0.1) is 18.7 Å². The number of ether oxygens (including phenoxy) is 1. The molecule has 0 radical (unpaired) electrons. The SMILES string of the molecule is CCOC(=O)c1c(NC(=O)CN2CCCCCCC2=O)sc(C)c1C. The molecule has 2 amide bonds. The average Bonchev–Trinajstić information content (AvgIpc) is 2.81. The van der Waals surface area contributed by atoms with Gasteiger partial charge in [-0.15, -0.1) is 11.3 Å². The predicted octanol–water partition coefficient (Wildman–Crippen LogP) is 3.27. The first-order valence-electron chi connectivity index (χ1n) is 8.78. The molecule has 0 atom stereocenters. The van der Waals surface area contributed by atoms with Crippen molar-refractivity contribution in [3.05, 3.63) is 16.0 Å². The number of rotatable bonds is 5. The number of hydrogen-bond donors (Lipinski definition) is 1. The second-order valence-corrected chi connectivity index (χ2v) is 7.46. The third kappa shape index (κ3) is 5.04. The number of anilines is 1. The third-order valence-electron chi connectivity index (χ3n) is 4.37. The fraction of sp³-hybridized carbons (Fsp3) is 0.611. The number of likely N-dealkylation sites (tertiary alicyclic amines) is 1. The quantitative estimate of drug-likeness (QED) is 0.812. The molecule has 0 aliphatic carbocycles. The lowest BCUT2D eigenvalue weighted by atomic mass is 10.1. The van der Waals surface area contributed by atoms with Gasteiger partial charge < -0.3 is 15.0 Å². The average molecular weight is 366 g/mol. The molecule has 1 saturated heterocycles. The van der Waals surface area contributed by atoms with Crippen molar-refractivity contribution in [3.8, 4) is 0 Å². The van der Waals surface area contributed by atoms with Crippen molar-refractivity contribution in [2.24, 2.45) is 0 Å². The molecule has 25 heavy (non-hydrogen) atoms. The summed E-state index contributed by atoms with van der Waals surface area (Å²) in [7, 11) is 0. The van der Waals surface area contributed by atoms with Gasteiger partial charge in [0, 0.05) is 17.8 Å². The van der Waals surface area contributed by atoms with Gasteiger partial charge in [-0.05, 0) is 39.2 Å². The van der Waals surface area contributed by atoms with Crippen LogP contribution >= 0.6 is 11.3 Å². The summed E-state index contributed by atoms with van der Waals surface area (Å²) in [5, 5.41) is 3.30. The van der Waals surface area contributed by atoms with Gasteiger partial charge in [-0.3, -0.25) is 9.59 Å². The third-order valence-corrected chi connectivity index (χ3v) is 5.50. The molecule has 0 saturated carbocycles. The molecule has 1 aromatic heterocycles. The summed E-state index contributed by atoms with van der Waals surface area (Å²) in [5.41, 5.74) is 1.23. The Morgan fingerprint density at radius 1 is 1.20 bits per heavy atom. The number of nitrogens with zero attached hydrogens (tertiary/aromatic N) is 1. The molecule has 2 rings (SSSR count). The molecular formula is C18H26N2O4S. The van der Waals surface area contributed by atoms with Crippen molar-refractivity contribution in [1.29, 1.82) is 0 Å². The first kappa shape index (κ1) is 19.4. The molecule has 1 aromatic rings. The Bertz CT molecular complexity index is 654. The minimum atomic E-state index is -0.429. The molecule has 1 aliphatic heterocycles. The van der Waals surface area contributed by atoms with Crippen LogP contribution in [0.5, 0.6) is 0 Å². The van der Waals surface area contributed by atoms with E-state index in [0.29, 0.717) is 23.5 Å². The highest BCUT2D eigenvalue weighted by atomic mass is 32.1. The number of hydrogen-bond acceptors (Lipinski definition) is 5. The van der Waals surface area contributed by atoms with Crippen LogP contribution in [0.3, 0.4) is 0 Å². The van der Waals surface area contributed by atoms with Crippen molar-refractivity contribution in [3.63, 3.8) is 0 Å². The van der Waals surface area contributed by atoms with Crippen LogP contribution in [0.2, 0.25) is 0 Å². The summed E-state index contributed by atoms with van der Waals surface area (Å²) in [6.07, 6.45) is 4.46. The molecule has 6 nitrogen and oxygen atoms in total. The van der Waals surface area contributed by atoms with Crippen molar-refractivity contribution in [2.45, 2.75) is 52.9 Å². The lowest BCUT2D eigenvalue weighted by molar-refractivity contribution is -0.135. The van der Waals surface area contributed by atoms with Crippen LogP contribution in [-0.4, -0.2) is 42.4 Å². The monoisotopic (exact) mass is 366 g/mol.